The molecule has 0 radical (unpaired) electrons. The molecular formula is C22H25N3O3S. The van der Waals surface area contributed by atoms with Gasteiger partial charge in [-0.1, -0.05) is 38.0 Å². The Labute approximate surface area is 172 Å². The molecule has 1 aliphatic carbocycles. The second kappa shape index (κ2) is 9.10. The Balaban J connectivity index is 1.86. The highest BCUT2D eigenvalue weighted by Crippen LogP contribution is 2.25. The Morgan fingerprint density at radius 2 is 1.76 bits per heavy atom. The molecule has 1 aliphatic rings. The highest BCUT2D eigenvalue weighted by Gasteiger charge is 2.29. The van der Waals surface area contributed by atoms with Crippen molar-refractivity contribution in [3.63, 3.8) is 0 Å². The van der Waals surface area contributed by atoms with Gasteiger partial charge in [0, 0.05) is 6.04 Å². The molecule has 0 heterocycles. The van der Waals surface area contributed by atoms with E-state index in [-0.39, 0.29) is 23.4 Å². The van der Waals surface area contributed by atoms with Gasteiger partial charge in [0.05, 0.1) is 22.2 Å². The number of nitrogens with one attached hydrogen (secondary N) is 1. The van der Waals surface area contributed by atoms with E-state index in [1.54, 1.807) is 30.3 Å². The maximum absolute atomic E-state index is 13.3. The number of benzene rings is 2. The van der Waals surface area contributed by atoms with Crippen molar-refractivity contribution in [2.24, 2.45) is 5.92 Å². The van der Waals surface area contributed by atoms with E-state index in [0.717, 1.165) is 30.0 Å². The molecule has 0 spiro atoms. The van der Waals surface area contributed by atoms with Gasteiger partial charge in [0.15, 0.2) is 0 Å². The van der Waals surface area contributed by atoms with E-state index in [2.05, 4.69) is 12.2 Å². The zero-order valence-corrected chi connectivity index (χ0v) is 17.2. The zero-order valence-electron chi connectivity index (χ0n) is 16.4. The first kappa shape index (κ1) is 20.9. The van der Waals surface area contributed by atoms with Gasteiger partial charge in [-0.3, -0.25) is 9.10 Å². The first-order chi connectivity index (χ1) is 13.9. The molecule has 29 heavy (non-hydrogen) atoms. The van der Waals surface area contributed by atoms with Crippen molar-refractivity contribution in [2.45, 2.75) is 43.5 Å². The largest absolute Gasteiger partial charge is 0.352 e. The lowest BCUT2D eigenvalue weighted by Crippen LogP contribution is -2.47. The fourth-order valence-electron chi connectivity index (χ4n) is 3.65. The van der Waals surface area contributed by atoms with Gasteiger partial charge in [0.25, 0.3) is 10.0 Å². The molecule has 1 N–H and O–H groups in total. The van der Waals surface area contributed by atoms with Crippen LogP contribution in [0.5, 0.6) is 0 Å². The van der Waals surface area contributed by atoms with Crippen molar-refractivity contribution in [3.8, 4) is 6.07 Å². The summed E-state index contributed by atoms with van der Waals surface area (Å²) in [5.41, 5.74) is 0.794. The monoisotopic (exact) mass is 411 g/mol. The Kier molecular flexibility index (Phi) is 6.55. The summed E-state index contributed by atoms with van der Waals surface area (Å²) in [7, 11) is -3.97. The van der Waals surface area contributed by atoms with Crippen LogP contribution in [0.4, 0.5) is 5.69 Å². The first-order valence-corrected chi connectivity index (χ1v) is 11.2. The molecule has 0 unspecified atom stereocenters. The number of amides is 1. The summed E-state index contributed by atoms with van der Waals surface area (Å²) in [5, 5.41) is 12.0. The third kappa shape index (κ3) is 4.96. The molecule has 1 fully saturated rings. The van der Waals surface area contributed by atoms with E-state index in [9.17, 15) is 13.2 Å². The predicted octanol–water partition coefficient (Wildman–Crippen LogP) is 3.45. The van der Waals surface area contributed by atoms with E-state index in [0.29, 0.717) is 17.2 Å². The van der Waals surface area contributed by atoms with Gasteiger partial charge in [-0.15, -0.1) is 0 Å². The minimum Gasteiger partial charge on any atom is -0.352 e. The molecule has 0 aromatic heterocycles. The number of sulfonamides is 1. The summed E-state index contributed by atoms with van der Waals surface area (Å²) in [5.74, 6) is 0.0674. The molecule has 1 amide bonds. The van der Waals surface area contributed by atoms with Crippen molar-refractivity contribution < 1.29 is 13.2 Å². The normalized spacial score (nSPS) is 19.2. The summed E-state index contributed by atoms with van der Waals surface area (Å²) in [6.07, 6.45) is 4.22. The van der Waals surface area contributed by atoms with Gasteiger partial charge >= 0.3 is 0 Å². The second-order valence-corrected chi connectivity index (χ2v) is 9.28. The van der Waals surface area contributed by atoms with Crippen molar-refractivity contribution in [1.82, 2.24) is 5.32 Å². The molecule has 3 rings (SSSR count). The van der Waals surface area contributed by atoms with E-state index in [1.807, 2.05) is 6.07 Å². The fraction of sp³-hybridized carbons (Fsp3) is 0.364. The lowest BCUT2D eigenvalue weighted by molar-refractivity contribution is -0.120. The highest BCUT2D eigenvalue weighted by atomic mass is 32.2. The molecule has 152 valence electrons. The number of anilines is 1. The summed E-state index contributed by atoms with van der Waals surface area (Å²) >= 11 is 0. The lowest BCUT2D eigenvalue weighted by Gasteiger charge is -2.31. The average Bonchev–Trinajstić information content (AvgIpc) is 2.74. The Morgan fingerprint density at radius 3 is 2.38 bits per heavy atom. The molecule has 6 nitrogen and oxygen atoms in total. The number of hydrogen-bond donors (Lipinski definition) is 1. The van der Waals surface area contributed by atoms with Crippen LogP contribution in [-0.4, -0.2) is 26.9 Å². The molecular weight excluding hydrogens is 386 g/mol. The topological polar surface area (TPSA) is 90.3 Å². The molecule has 2 aromatic carbocycles. The van der Waals surface area contributed by atoms with Crippen molar-refractivity contribution >= 4 is 21.6 Å². The van der Waals surface area contributed by atoms with Crippen LogP contribution < -0.4 is 9.62 Å². The maximum atomic E-state index is 13.3. The second-order valence-electron chi connectivity index (χ2n) is 7.42. The van der Waals surface area contributed by atoms with Crippen LogP contribution in [0.25, 0.3) is 0 Å². The van der Waals surface area contributed by atoms with Gasteiger partial charge in [-0.2, -0.15) is 5.26 Å². The van der Waals surface area contributed by atoms with E-state index in [4.69, 9.17) is 5.26 Å². The Hall–Kier alpha value is -2.85. The third-order valence-corrected chi connectivity index (χ3v) is 7.15. The van der Waals surface area contributed by atoms with Crippen LogP contribution in [0.2, 0.25) is 0 Å². The number of carbonyl (C=O) groups excluding carboxylic acids is 1. The average molecular weight is 412 g/mol. The van der Waals surface area contributed by atoms with Gasteiger partial charge in [0.1, 0.15) is 6.54 Å². The summed E-state index contributed by atoms with van der Waals surface area (Å²) in [4.78, 5) is 12.8. The number of carbonyl (C=O) groups is 1. The minimum atomic E-state index is -3.97. The zero-order chi connectivity index (χ0) is 20.9. The van der Waals surface area contributed by atoms with E-state index in [1.165, 1.54) is 24.3 Å². The van der Waals surface area contributed by atoms with Gasteiger partial charge in [0.2, 0.25) is 5.91 Å². The van der Waals surface area contributed by atoms with Gasteiger partial charge in [-0.05, 0) is 55.2 Å². The smallest absolute Gasteiger partial charge is 0.264 e. The van der Waals surface area contributed by atoms with Gasteiger partial charge < -0.3 is 5.32 Å². The van der Waals surface area contributed by atoms with E-state index < -0.39 is 10.0 Å². The molecule has 7 heteroatoms. The summed E-state index contributed by atoms with van der Waals surface area (Å²) < 4.78 is 27.7. The van der Waals surface area contributed by atoms with Crippen LogP contribution in [0.1, 0.15) is 38.2 Å². The predicted molar refractivity (Wildman–Crippen MR) is 112 cm³/mol. The van der Waals surface area contributed by atoms with Crippen molar-refractivity contribution in [2.75, 3.05) is 10.8 Å². The molecule has 2 atom stereocenters. The number of rotatable bonds is 6. The fourth-order valence-corrected chi connectivity index (χ4v) is 5.07. The number of para-hydroxylation sites is 1. The standard InChI is InChI=1S/C22H25N3O3S/c1-17-7-5-6-10-21(17)24-22(26)16-25(19-8-3-2-4-9-19)29(27,28)20-13-11-18(15-23)12-14-20/h2-4,8-9,11-14,17,21H,5-7,10,16H2,1H3,(H,24,26)/t17-,21+/m1/s1. The Bertz CT molecular complexity index is 982. The lowest BCUT2D eigenvalue weighted by atomic mass is 9.86. The van der Waals surface area contributed by atoms with Crippen LogP contribution in [-0.2, 0) is 14.8 Å². The summed E-state index contributed by atoms with van der Waals surface area (Å²) in [6.45, 7) is 1.82. The summed E-state index contributed by atoms with van der Waals surface area (Å²) in [6, 6.07) is 16.3. The van der Waals surface area contributed by atoms with E-state index >= 15 is 0 Å². The number of nitrogens with zero attached hydrogens (tertiary/aromatic N) is 2. The molecule has 1 saturated carbocycles. The SMILES string of the molecule is C[C@@H]1CCCC[C@@H]1NC(=O)CN(c1ccccc1)S(=O)(=O)c1ccc(C#N)cc1. The van der Waals surface area contributed by atoms with Crippen LogP contribution in [0.3, 0.4) is 0 Å². The molecule has 0 saturated heterocycles. The van der Waals surface area contributed by atoms with Crippen LogP contribution >= 0.6 is 0 Å². The maximum Gasteiger partial charge on any atom is 0.264 e. The number of nitriles is 1. The number of hydrogen-bond acceptors (Lipinski definition) is 4. The van der Waals surface area contributed by atoms with Gasteiger partial charge in [-0.25, -0.2) is 8.42 Å². The first-order valence-electron chi connectivity index (χ1n) is 9.79. The van der Waals surface area contributed by atoms with Crippen molar-refractivity contribution in [1.29, 1.82) is 5.26 Å². The van der Waals surface area contributed by atoms with Crippen LogP contribution in [0.15, 0.2) is 59.5 Å². The molecule has 2 aromatic rings. The third-order valence-electron chi connectivity index (χ3n) is 5.36. The van der Waals surface area contributed by atoms with Crippen molar-refractivity contribution in [3.05, 3.63) is 60.2 Å². The Morgan fingerprint density at radius 1 is 1.10 bits per heavy atom. The minimum absolute atomic E-state index is 0.0409. The highest BCUT2D eigenvalue weighted by molar-refractivity contribution is 7.92. The molecule has 0 bridgehead atoms. The van der Waals surface area contributed by atoms with Crippen LogP contribution in [0, 0.1) is 17.2 Å². The molecule has 0 aliphatic heterocycles. The quantitative estimate of drug-likeness (QED) is 0.788.